The van der Waals surface area contributed by atoms with Gasteiger partial charge in [-0.1, -0.05) is 12.1 Å². The van der Waals surface area contributed by atoms with Crippen LogP contribution in [-0.4, -0.2) is 103 Å². The average Bonchev–Trinajstić information content (AvgIpc) is 3.93. The molecule has 16 nitrogen and oxygen atoms in total. The van der Waals surface area contributed by atoms with E-state index >= 15 is 4.39 Å². The molecule has 6 amide bonds. The lowest BCUT2D eigenvalue weighted by Crippen LogP contribution is -2.54. The van der Waals surface area contributed by atoms with Crippen LogP contribution in [0, 0.1) is 11.6 Å². The quantitative estimate of drug-likeness (QED) is 0.183. The maximum absolute atomic E-state index is 15.3. The molecule has 3 N–H and O–H groups in total. The molecule has 5 aromatic rings. The number of imide groups is 2. The van der Waals surface area contributed by atoms with Crippen molar-refractivity contribution < 1.29 is 42.7 Å². The third-order valence-electron chi connectivity index (χ3n) is 11.1. The number of nitrogens with zero attached hydrogens (tertiary/aromatic N) is 7. The molecule has 304 valence electrons. The van der Waals surface area contributed by atoms with Crippen LogP contribution in [0.1, 0.15) is 66.6 Å². The monoisotopic (exact) mass is 833 g/mol. The number of aromatic hydroxyl groups is 1. The number of hydrogen-bond donors (Lipinski definition) is 3. The van der Waals surface area contributed by atoms with E-state index in [1.165, 1.54) is 28.5 Å². The van der Waals surface area contributed by atoms with Gasteiger partial charge in [-0.3, -0.25) is 49.2 Å². The minimum absolute atomic E-state index is 0.00274. The zero-order valence-electron chi connectivity index (χ0n) is 31.4. The van der Waals surface area contributed by atoms with Gasteiger partial charge in [-0.25, -0.2) is 13.8 Å². The van der Waals surface area contributed by atoms with Gasteiger partial charge in [-0.15, -0.1) is 21.5 Å². The molecule has 19 heteroatoms. The fourth-order valence-corrected chi connectivity index (χ4v) is 8.56. The maximum Gasteiger partial charge on any atom is 0.262 e. The van der Waals surface area contributed by atoms with Crippen LogP contribution >= 0.6 is 11.3 Å². The Morgan fingerprint density at radius 2 is 1.68 bits per heavy atom. The van der Waals surface area contributed by atoms with E-state index < -0.39 is 59.2 Å². The first-order valence-corrected chi connectivity index (χ1v) is 19.8. The largest absolute Gasteiger partial charge is 0.508 e. The second-order valence-electron chi connectivity index (χ2n) is 14.7. The number of halogens is 2. The molecule has 2 aromatic heterocycles. The van der Waals surface area contributed by atoms with E-state index in [-0.39, 0.29) is 59.1 Å². The Labute approximate surface area is 343 Å². The number of hydrogen-bond acceptors (Lipinski definition) is 13. The predicted molar refractivity (Wildman–Crippen MR) is 209 cm³/mol. The van der Waals surface area contributed by atoms with Gasteiger partial charge in [0.2, 0.25) is 11.8 Å². The number of piperazine rings is 1. The summed E-state index contributed by atoms with van der Waals surface area (Å²) in [6.07, 6.45) is 1.49. The molecule has 60 heavy (non-hydrogen) atoms. The van der Waals surface area contributed by atoms with E-state index in [9.17, 15) is 38.3 Å². The van der Waals surface area contributed by atoms with Crippen LogP contribution in [0.4, 0.5) is 19.7 Å². The molecule has 2 fully saturated rings. The van der Waals surface area contributed by atoms with Gasteiger partial charge in [0.25, 0.3) is 23.6 Å². The number of benzene rings is 3. The number of phenols is 1. The highest BCUT2D eigenvalue weighted by atomic mass is 32.1. The summed E-state index contributed by atoms with van der Waals surface area (Å²) >= 11 is 1.17. The third-order valence-corrected chi connectivity index (χ3v) is 11.8. The highest BCUT2D eigenvalue weighted by molar-refractivity contribution is 7.13. The molecule has 2 atom stereocenters. The first kappa shape index (κ1) is 38.5. The lowest BCUT2D eigenvalue weighted by Gasteiger charge is -2.35. The molecule has 0 radical (unpaired) electrons. The highest BCUT2D eigenvalue weighted by Gasteiger charge is 2.45. The van der Waals surface area contributed by atoms with E-state index in [0.717, 1.165) is 29.2 Å². The number of phenolic OH excluding ortho intramolecular Hbond substituents is 1. The standard InChI is InChI=1S/C41H33F2N9O7S/c42-24-3-6-32(53)28(17-24)35(37(56)46-41-44-9-14-60-41)51-20-22-2-1-21(15-25(22)38(51)57)30-4-7-33(48-47-30)50-12-10-49(11-13-50)19-23-16-26-27(18-29(23)43)40(59)52(39(26)58)31-5-8-34(54)45-36(31)55/h1-4,6-7,9,14-18,31,35,53H,5,8,10-13,19-20H2,(H,44,46,56)(H,45,54,55). The fourth-order valence-electron chi connectivity index (χ4n) is 8.03. The van der Waals surface area contributed by atoms with Gasteiger partial charge >= 0.3 is 0 Å². The minimum atomic E-state index is -1.37. The number of amides is 6. The van der Waals surface area contributed by atoms with Crippen LogP contribution in [0.3, 0.4) is 0 Å². The Morgan fingerprint density at radius 1 is 0.900 bits per heavy atom. The summed E-state index contributed by atoms with van der Waals surface area (Å²) < 4.78 is 29.7. The Morgan fingerprint density at radius 3 is 2.40 bits per heavy atom. The molecule has 0 bridgehead atoms. The van der Waals surface area contributed by atoms with Crippen molar-refractivity contribution in [2.45, 2.75) is 38.0 Å². The first-order chi connectivity index (χ1) is 28.9. The van der Waals surface area contributed by atoms with Gasteiger partial charge in [0.1, 0.15) is 29.5 Å². The number of piperidine rings is 1. The summed E-state index contributed by atoms with van der Waals surface area (Å²) in [5.74, 6) is -4.92. The van der Waals surface area contributed by atoms with Crippen molar-refractivity contribution in [3.63, 3.8) is 0 Å². The van der Waals surface area contributed by atoms with Gasteiger partial charge < -0.3 is 14.9 Å². The molecule has 2 unspecified atom stereocenters. The van der Waals surface area contributed by atoms with Crippen molar-refractivity contribution in [1.29, 1.82) is 0 Å². The molecular formula is C41H33F2N9O7S. The molecule has 2 saturated heterocycles. The highest BCUT2D eigenvalue weighted by Crippen LogP contribution is 2.38. The minimum Gasteiger partial charge on any atom is -0.508 e. The van der Waals surface area contributed by atoms with E-state index in [1.807, 2.05) is 15.9 Å². The van der Waals surface area contributed by atoms with Crippen LogP contribution in [0.2, 0.25) is 0 Å². The molecule has 0 saturated carbocycles. The Balaban J connectivity index is 0.851. The van der Waals surface area contributed by atoms with E-state index in [0.29, 0.717) is 54.4 Å². The summed E-state index contributed by atoms with van der Waals surface area (Å²) in [5.41, 5.74) is 2.10. The molecule has 0 spiro atoms. The smallest absolute Gasteiger partial charge is 0.262 e. The second kappa shape index (κ2) is 15.3. The van der Waals surface area contributed by atoms with Gasteiger partial charge in [-0.2, -0.15) is 0 Å². The van der Waals surface area contributed by atoms with Crippen molar-refractivity contribution in [2.75, 3.05) is 36.4 Å². The molecule has 9 rings (SSSR count). The Bertz CT molecular complexity index is 2620. The summed E-state index contributed by atoms with van der Waals surface area (Å²) in [4.78, 5) is 88.1. The van der Waals surface area contributed by atoms with Gasteiger partial charge in [-0.05, 0) is 60.5 Å². The van der Waals surface area contributed by atoms with E-state index in [4.69, 9.17) is 0 Å². The second-order valence-corrected chi connectivity index (χ2v) is 15.6. The molecule has 6 heterocycles. The maximum atomic E-state index is 15.3. The van der Waals surface area contributed by atoms with Gasteiger partial charge in [0.15, 0.2) is 10.9 Å². The lowest BCUT2D eigenvalue weighted by molar-refractivity contribution is -0.136. The number of fused-ring (bicyclic) bond motifs is 2. The van der Waals surface area contributed by atoms with Crippen LogP contribution in [-0.2, 0) is 27.5 Å². The predicted octanol–water partition coefficient (Wildman–Crippen LogP) is 3.64. The van der Waals surface area contributed by atoms with Crippen LogP contribution in [0.5, 0.6) is 5.75 Å². The van der Waals surface area contributed by atoms with E-state index in [2.05, 4.69) is 25.8 Å². The number of rotatable bonds is 9. The zero-order chi connectivity index (χ0) is 41.8. The molecule has 4 aliphatic rings. The Hall–Kier alpha value is -6.99. The third kappa shape index (κ3) is 7.00. The number of nitrogens with one attached hydrogen (secondary N) is 2. The van der Waals surface area contributed by atoms with Crippen molar-refractivity contribution in [3.8, 4) is 17.0 Å². The molecule has 3 aromatic carbocycles. The number of aromatic nitrogens is 3. The van der Waals surface area contributed by atoms with Crippen molar-refractivity contribution in [1.82, 2.24) is 35.2 Å². The zero-order valence-corrected chi connectivity index (χ0v) is 32.2. The summed E-state index contributed by atoms with van der Waals surface area (Å²) in [6.45, 7) is 2.30. The average molecular weight is 834 g/mol. The van der Waals surface area contributed by atoms with Crippen molar-refractivity contribution in [3.05, 3.63) is 117 Å². The van der Waals surface area contributed by atoms with E-state index in [1.54, 1.807) is 29.6 Å². The summed E-state index contributed by atoms with van der Waals surface area (Å²) in [7, 11) is 0. The lowest BCUT2D eigenvalue weighted by atomic mass is 10.0. The summed E-state index contributed by atoms with van der Waals surface area (Å²) in [5, 5.41) is 26.3. The number of thiazole rings is 1. The normalized spacial score (nSPS) is 18.5. The van der Waals surface area contributed by atoms with Crippen LogP contribution < -0.4 is 15.5 Å². The van der Waals surface area contributed by atoms with Gasteiger partial charge in [0.05, 0.1) is 16.8 Å². The van der Waals surface area contributed by atoms with Crippen molar-refractivity contribution in [2.24, 2.45) is 0 Å². The number of carbonyl (C=O) groups excluding carboxylic acids is 6. The molecular weight excluding hydrogens is 801 g/mol. The number of carbonyl (C=O) groups is 6. The SMILES string of the molecule is O=C1CCC(N2C(=O)c3cc(F)c(CN4CCN(c5ccc(-c6ccc7c(c6)C(=O)N(C(C(=O)Nc6nccs6)c6cc(F)ccc6O)C7)nn5)CC4)cc3C2=O)C(=O)N1. The first-order valence-electron chi connectivity index (χ1n) is 18.9. The number of anilines is 2. The van der Waals surface area contributed by atoms with Gasteiger partial charge in [0, 0.05) is 79.5 Å². The fraction of sp³-hybridized carbons (Fsp3) is 0.244. The van der Waals surface area contributed by atoms with Crippen LogP contribution in [0.15, 0.2) is 72.2 Å². The van der Waals surface area contributed by atoms with Crippen molar-refractivity contribution >= 4 is 57.7 Å². The summed E-state index contributed by atoms with van der Waals surface area (Å²) in [6, 6.07) is 11.9. The Kier molecular flexibility index (Phi) is 9.83. The topological polar surface area (TPSA) is 198 Å². The molecule has 0 aliphatic carbocycles. The molecule has 4 aliphatic heterocycles. The van der Waals surface area contributed by atoms with Crippen LogP contribution in [0.25, 0.3) is 11.3 Å².